The number of nitrogens with zero attached hydrogens (tertiary/aromatic N) is 5. The van der Waals surface area contributed by atoms with Gasteiger partial charge in [-0.2, -0.15) is 0 Å². The van der Waals surface area contributed by atoms with Gasteiger partial charge in [0, 0.05) is 57.1 Å². The zero-order valence-electron chi connectivity index (χ0n) is 18.0. The summed E-state index contributed by atoms with van der Waals surface area (Å²) < 4.78 is 4.94. The summed E-state index contributed by atoms with van der Waals surface area (Å²) in [6.07, 6.45) is 3.64. The summed E-state index contributed by atoms with van der Waals surface area (Å²) in [6, 6.07) is 12.5. The Morgan fingerprint density at radius 1 is 1.10 bits per heavy atom. The maximum absolute atomic E-state index is 4.94. The van der Waals surface area contributed by atoms with Crippen molar-refractivity contribution in [2.24, 2.45) is 4.99 Å². The first-order valence-electron chi connectivity index (χ1n) is 10.9. The molecule has 1 aliphatic heterocycles. The van der Waals surface area contributed by atoms with Crippen LogP contribution in [0.4, 0.5) is 0 Å². The maximum Gasteiger partial charge on any atom is 0.194 e. The van der Waals surface area contributed by atoms with Crippen LogP contribution in [-0.4, -0.2) is 58.6 Å². The van der Waals surface area contributed by atoms with Crippen LogP contribution >= 0.6 is 11.3 Å². The molecule has 0 saturated carbocycles. The fourth-order valence-electron chi connectivity index (χ4n) is 3.68. The summed E-state index contributed by atoms with van der Waals surface area (Å²) in [5.74, 6) is 0.974. The number of aryl methyl sites for hydroxylation is 2. The van der Waals surface area contributed by atoms with Crippen molar-refractivity contribution in [1.82, 2.24) is 25.3 Å². The van der Waals surface area contributed by atoms with Gasteiger partial charge in [0.15, 0.2) is 5.96 Å². The van der Waals surface area contributed by atoms with E-state index in [1.807, 2.05) is 6.07 Å². The van der Waals surface area contributed by atoms with E-state index in [1.165, 1.54) is 10.6 Å². The number of hydrogen-bond acceptors (Lipinski definition) is 6. The van der Waals surface area contributed by atoms with Crippen LogP contribution in [0.25, 0.3) is 0 Å². The van der Waals surface area contributed by atoms with E-state index in [-0.39, 0.29) is 0 Å². The molecule has 0 aliphatic carbocycles. The smallest absolute Gasteiger partial charge is 0.194 e. The van der Waals surface area contributed by atoms with Crippen LogP contribution in [0.3, 0.4) is 0 Å². The van der Waals surface area contributed by atoms with Crippen molar-refractivity contribution in [1.29, 1.82) is 0 Å². The van der Waals surface area contributed by atoms with Crippen molar-refractivity contribution in [3.8, 4) is 0 Å². The van der Waals surface area contributed by atoms with Crippen LogP contribution in [0.5, 0.6) is 0 Å². The average molecular weight is 439 g/mol. The van der Waals surface area contributed by atoms with Crippen LogP contribution in [0.15, 0.2) is 57.6 Å². The molecule has 0 atom stereocenters. The maximum atomic E-state index is 4.94. The van der Waals surface area contributed by atoms with Crippen LogP contribution in [0, 0.1) is 0 Å². The second-order valence-electron chi connectivity index (χ2n) is 7.64. The molecule has 7 nitrogen and oxygen atoms in total. The normalized spacial score (nSPS) is 15.4. The van der Waals surface area contributed by atoms with Crippen LogP contribution in [-0.2, 0) is 25.9 Å². The van der Waals surface area contributed by atoms with Gasteiger partial charge in [0.25, 0.3) is 0 Å². The Morgan fingerprint density at radius 2 is 1.94 bits per heavy atom. The van der Waals surface area contributed by atoms with Gasteiger partial charge in [-0.1, -0.05) is 35.5 Å². The van der Waals surface area contributed by atoms with Gasteiger partial charge in [-0.25, -0.2) is 9.98 Å². The molecule has 31 heavy (non-hydrogen) atoms. The Hall–Kier alpha value is -2.71. The molecule has 1 aromatic carbocycles. The van der Waals surface area contributed by atoms with Gasteiger partial charge in [0.05, 0.1) is 22.9 Å². The minimum Gasteiger partial charge on any atom is -0.364 e. The molecule has 3 aromatic rings. The highest BCUT2D eigenvalue weighted by molar-refractivity contribution is 7.09. The highest BCUT2D eigenvalue weighted by Gasteiger charge is 2.20. The quantitative estimate of drug-likeness (QED) is 0.430. The molecule has 1 saturated heterocycles. The summed E-state index contributed by atoms with van der Waals surface area (Å²) in [5.41, 5.74) is 3.39. The lowest BCUT2D eigenvalue weighted by molar-refractivity contribution is 0.169. The van der Waals surface area contributed by atoms with E-state index in [0.717, 1.165) is 69.5 Å². The molecule has 4 rings (SSSR count). The first-order valence-corrected chi connectivity index (χ1v) is 11.8. The number of piperazine rings is 1. The van der Waals surface area contributed by atoms with E-state index in [2.05, 4.69) is 62.9 Å². The largest absolute Gasteiger partial charge is 0.364 e. The molecule has 0 radical (unpaired) electrons. The van der Waals surface area contributed by atoms with Gasteiger partial charge in [0.1, 0.15) is 6.26 Å². The molecule has 2 aromatic heterocycles. The molecule has 0 amide bonds. The summed E-state index contributed by atoms with van der Waals surface area (Å²) in [5, 5.41) is 10.8. The Balaban J connectivity index is 1.28. The molecule has 3 heterocycles. The summed E-state index contributed by atoms with van der Waals surface area (Å²) >= 11 is 1.74. The number of aliphatic imine (C=N–C) groups is 1. The minimum absolute atomic E-state index is 0.614. The van der Waals surface area contributed by atoms with Gasteiger partial charge in [0.2, 0.25) is 0 Å². The van der Waals surface area contributed by atoms with Gasteiger partial charge in [-0.15, -0.1) is 11.3 Å². The van der Waals surface area contributed by atoms with Crippen molar-refractivity contribution in [2.75, 3.05) is 32.7 Å². The number of aromatic nitrogens is 2. The molecule has 1 N–H and O–H groups in total. The van der Waals surface area contributed by atoms with Crippen molar-refractivity contribution >= 4 is 17.3 Å². The lowest BCUT2D eigenvalue weighted by Gasteiger charge is -2.36. The fraction of sp³-hybridized carbons (Fsp3) is 0.435. The lowest BCUT2D eigenvalue weighted by atomic mass is 10.1. The first-order chi connectivity index (χ1) is 15.3. The second-order valence-corrected chi connectivity index (χ2v) is 8.58. The number of guanidine groups is 1. The van der Waals surface area contributed by atoms with E-state index in [0.29, 0.717) is 6.54 Å². The third kappa shape index (κ3) is 6.38. The van der Waals surface area contributed by atoms with Crippen LogP contribution < -0.4 is 5.32 Å². The van der Waals surface area contributed by atoms with Crippen LogP contribution in [0.1, 0.15) is 28.9 Å². The average Bonchev–Trinajstić information content (AvgIpc) is 3.49. The number of rotatable bonds is 8. The van der Waals surface area contributed by atoms with Crippen molar-refractivity contribution < 1.29 is 4.52 Å². The third-order valence-corrected chi connectivity index (χ3v) is 6.30. The molecular weight excluding hydrogens is 408 g/mol. The highest BCUT2D eigenvalue weighted by atomic mass is 32.1. The Kier molecular flexibility index (Phi) is 7.68. The van der Waals surface area contributed by atoms with E-state index in [9.17, 15) is 0 Å². The molecule has 1 fully saturated rings. The summed E-state index contributed by atoms with van der Waals surface area (Å²) in [7, 11) is 0. The van der Waals surface area contributed by atoms with Crippen molar-refractivity contribution in [3.63, 3.8) is 0 Å². The van der Waals surface area contributed by atoms with Crippen LogP contribution in [0.2, 0.25) is 0 Å². The van der Waals surface area contributed by atoms with Crippen molar-refractivity contribution in [2.45, 2.75) is 32.9 Å². The van der Waals surface area contributed by atoms with Crippen molar-refractivity contribution in [3.05, 3.63) is 70.0 Å². The lowest BCUT2D eigenvalue weighted by Crippen LogP contribution is -2.52. The van der Waals surface area contributed by atoms with Gasteiger partial charge in [-0.05, 0) is 18.9 Å². The Bertz CT molecular complexity index is 932. The zero-order chi connectivity index (χ0) is 21.3. The molecule has 0 spiro atoms. The number of benzene rings is 1. The monoisotopic (exact) mass is 438 g/mol. The summed E-state index contributed by atoms with van der Waals surface area (Å²) in [4.78, 5) is 14.4. The Morgan fingerprint density at radius 3 is 2.68 bits per heavy atom. The molecular formula is C23H30N6OS. The van der Waals surface area contributed by atoms with E-state index in [1.54, 1.807) is 17.6 Å². The minimum atomic E-state index is 0.614. The number of thiazole rings is 1. The molecule has 0 bridgehead atoms. The van der Waals surface area contributed by atoms with E-state index < -0.39 is 0 Å². The number of nitrogens with one attached hydrogen (secondary N) is 1. The third-order valence-electron chi connectivity index (χ3n) is 5.34. The second kappa shape index (κ2) is 11.1. The van der Waals surface area contributed by atoms with E-state index in [4.69, 9.17) is 14.5 Å². The SMILES string of the molecule is CCNC(=NCc1csc(CCc2ccccc2)n1)N1CCN(Cc2ccon2)CC1. The van der Waals surface area contributed by atoms with Gasteiger partial charge < -0.3 is 14.7 Å². The zero-order valence-corrected chi connectivity index (χ0v) is 18.9. The summed E-state index contributed by atoms with van der Waals surface area (Å²) in [6.45, 7) is 8.28. The van der Waals surface area contributed by atoms with Gasteiger partial charge in [-0.3, -0.25) is 4.90 Å². The predicted octanol–water partition coefficient (Wildman–Crippen LogP) is 3.20. The predicted molar refractivity (Wildman–Crippen MR) is 124 cm³/mol. The van der Waals surface area contributed by atoms with E-state index >= 15 is 0 Å². The first kappa shape index (κ1) is 21.5. The standard InChI is InChI=1S/C23H30N6OS/c1-2-24-23(29-13-11-28(12-14-29)17-20-10-15-30-27-20)25-16-21-18-31-22(26-21)9-8-19-6-4-3-5-7-19/h3-7,10,15,18H,2,8-9,11-14,16-17H2,1H3,(H,24,25). The molecule has 1 aliphatic rings. The molecule has 8 heteroatoms. The highest BCUT2D eigenvalue weighted by Crippen LogP contribution is 2.14. The molecule has 164 valence electrons. The number of hydrogen-bond donors (Lipinski definition) is 1. The Labute approximate surface area is 187 Å². The fourth-order valence-corrected chi connectivity index (χ4v) is 4.47. The molecule has 0 unspecified atom stereocenters. The van der Waals surface area contributed by atoms with Gasteiger partial charge >= 0.3 is 0 Å². The topological polar surface area (TPSA) is 69.8 Å².